The number of benzene rings is 1. The van der Waals surface area contributed by atoms with Crippen LogP contribution in [0.3, 0.4) is 0 Å². The largest absolute Gasteiger partial charge is 0.469 e. The summed E-state index contributed by atoms with van der Waals surface area (Å²) in [6.07, 6.45) is 0.152. The van der Waals surface area contributed by atoms with Crippen LogP contribution in [-0.4, -0.2) is 42.8 Å². The summed E-state index contributed by atoms with van der Waals surface area (Å²) in [6, 6.07) is 8.00. The highest BCUT2D eigenvalue weighted by Crippen LogP contribution is 2.17. The maximum Gasteiger partial charge on any atom is 0.305 e. The Morgan fingerprint density at radius 3 is 2.79 bits per heavy atom. The summed E-state index contributed by atoms with van der Waals surface area (Å²) in [5, 5.41) is 9.85. The first kappa shape index (κ1) is 16.1. The van der Waals surface area contributed by atoms with Gasteiger partial charge in [-0.3, -0.25) is 9.69 Å². The number of carbonyl (C=O) groups excluding carboxylic acids is 1. The number of hydrogen-bond acceptors (Lipinski definition) is 4. The van der Waals surface area contributed by atoms with Crippen molar-refractivity contribution in [3.63, 3.8) is 0 Å². The molecule has 0 saturated heterocycles. The highest BCUT2D eigenvalue weighted by molar-refractivity contribution is 9.10. The minimum absolute atomic E-state index is 0.251. The second-order valence-corrected chi connectivity index (χ2v) is 5.41. The summed E-state index contributed by atoms with van der Waals surface area (Å²) in [5.74, 6) is -0.285. The normalized spacial score (nSPS) is 12.5. The highest BCUT2D eigenvalue weighted by atomic mass is 79.9. The van der Waals surface area contributed by atoms with E-state index in [0.717, 1.165) is 11.0 Å². The number of aliphatic hydroxyl groups is 1. The van der Waals surface area contributed by atoms with Gasteiger partial charge in [0.15, 0.2) is 0 Å². The maximum absolute atomic E-state index is 11.0. The summed E-state index contributed by atoms with van der Waals surface area (Å²) >= 11 is 3.50. The van der Waals surface area contributed by atoms with Crippen molar-refractivity contribution in [2.24, 2.45) is 0 Å². The van der Waals surface area contributed by atoms with E-state index < -0.39 is 6.10 Å². The first-order chi connectivity index (χ1) is 9.02. The van der Waals surface area contributed by atoms with Crippen molar-refractivity contribution in [2.45, 2.75) is 25.5 Å². The van der Waals surface area contributed by atoms with E-state index >= 15 is 0 Å². The monoisotopic (exact) mass is 329 g/mol. The molecule has 0 aliphatic carbocycles. The van der Waals surface area contributed by atoms with E-state index in [0.29, 0.717) is 13.0 Å². The van der Waals surface area contributed by atoms with Gasteiger partial charge in [0, 0.05) is 24.0 Å². The van der Waals surface area contributed by atoms with Crippen LogP contribution in [0.25, 0.3) is 0 Å². The van der Waals surface area contributed by atoms with E-state index in [9.17, 15) is 9.90 Å². The molecular weight excluding hydrogens is 310 g/mol. The molecule has 0 radical (unpaired) electrons. The molecule has 0 fully saturated rings. The molecule has 0 aliphatic rings. The lowest BCUT2D eigenvalue weighted by Crippen LogP contribution is -2.29. The first-order valence-corrected chi connectivity index (χ1v) is 6.99. The van der Waals surface area contributed by atoms with Crippen molar-refractivity contribution in [1.82, 2.24) is 4.90 Å². The van der Waals surface area contributed by atoms with Crippen molar-refractivity contribution in [1.29, 1.82) is 0 Å². The van der Waals surface area contributed by atoms with Gasteiger partial charge >= 0.3 is 5.97 Å². The molecule has 0 amide bonds. The molecule has 1 aromatic rings. The number of halogens is 1. The lowest BCUT2D eigenvalue weighted by atomic mass is 10.1. The smallest absolute Gasteiger partial charge is 0.305 e. The summed E-state index contributed by atoms with van der Waals surface area (Å²) < 4.78 is 5.61. The van der Waals surface area contributed by atoms with Gasteiger partial charge in [0.1, 0.15) is 0 Å². The number of carbonyl (C=O) groups is 1. The Balaban J connectivity index is 2.36. The van der Waals surface area contributed by atoms with Crippen molar-refractivity contribution < 1.29 is 14.6 Å². The fourth-order valence-electron chi connectivity index (χ4n) is 1.82. The quantitative estimate of drug-likeness (QED) is 0.779. The fraction of sp³-hybridized carbons (Fsp3) is 0.500. The zero-order chi connectivity index (χ0) is 14.3. The topological polar surface area (TPSA) is 49.8 Å². The van der Waals surface area contributed by atoms with Crippen molar-refractivity contribution in [3.05, 3.63) is 34.3 Å². The zero-order valence-electron chi connectivity index (χ0n) is 11.3. The van der Waals surface area contributed by atoms with E-state index in [1.54, 1.807) is 0 Å². The third-order valence-corrected chi connectivity index (χ3v) is 3.60. The molecule has 1 aromatic carbocycles. The van der Waals surface area contributed by atoms with Crippen LogP contribution >= 0.6 is 15.9 Å². The lowest BCUT2D eigenvalue weighted by Gasteiger charge is -2.21. The van der Waals surface area contributed by atoms with Crippen LogP contribution in [0.15, 0.2) is 28.7 Å². The van der Waals surface area contributed by atoms with Gasteiger partial charge in [-0.15, -0.1) is 0 Å². The van der Waals surface area contributed by atoms with Crippen LogP contribution in [0.4, 0.5) is 0 Å². The molecule has 0 aromatic heterocycles. The average Bonchev–Trinajstić information content (AvgIpc) is 2.38. The minimum atomic E-state index is -0.522. The molecule has 0 saturated carbocycles. The van der Waals surface area contributed by atoms with Gasteiger partial charge in [-0.2, -0.15) is 0 Å². The van der Waals surface area contributed by atoms with Crippen molar-refractivity contribution in [3.8, 4) is 0 Å². The number of methoxy groups -OCH3 is 1. The Bertz CT molecular complexity index is 411. The van der Waals surface area contributed by atoms with Gasteiger partial charge in [0.2, 0.25) is 0 Å². The van der Waals surface area contributed by atoms with Crippen molar-refractivity contribution >= 4 is 21.9 Å². The molecule has 1 rings (SSSR count). The van der Waals surface area contributed by atoms with Crippen molar-refractivity contribution in [2.75, 3.05) is 20.7 Å². The second kappa shape index (κ2) is 8.30. The zero-order valence-corrected chi connectivity index (χ0v) is 12.9. The van der Waals surface area contributed by atoms with Crippen LogP contribution < -0.4 is 0 Å². The SMILES string of the molecule is COC(=O)CCC(O)CN(C)Cc1ccccc1Br. The van der Waals surface area contributed by atoms with E-state index in [4.69, 9.17) is 0 Å². The number of nitrogens with zero attached hydrogens (tertiary/aromatic N) is 1. The molecule has 106 valence electrons. The molecule has 0 heterocycles. The van der Waals surface area contributed by atoms with Gasteiger partial charge < -0.3 is 9.84 Å². The number of esters is 1. The Morgan fingerprint density at radius 2 is 2.16 bits per heavy atom. The number of aliphatic hydroxyl groups excluding tert-OH is 1. The van der Waals surface area contributed by atoms with Crippen LogP contribution in [0.2, 0.25) is 0 Å². The van der Waals surface area contributed by atoms with E-state index in [-0.39, 0.29) is 12.4 Å². The van der Waals surface area contributed by atoms with Gasteiger partial charge in [0.05, 0.1) is 13.2 Å². The van der Waals surface area contributed by atoms with Gasteiger partial charge in [-0.1, -0.05) is 34.1 Å². The first-order valence-electron chi connectivity index (χ1n) is 6.19. The Labute approximate surface area is 122 Å². The molecule has 4 nitrogen and oxygen atoms in total. The summed E-state index contributed by atoms with van der Waals surface area (Å²) in [7, 11) is 3.30. The van der Waals surface area contributed by atoms with Crippen LogP contribution in [0.5, 0.6) is 0 Å². The predicted octanol–water partition coefficient (Wildman–Crippen LogP) is 2.19. The van der Waals surface area contributed by atoms with E-state index in [2.05, 4.69) is 20.7 Å². The molecule has 1 unspecified atom stereocenters. The van der Waals surface area contributed by atoms with Gasteiger partial charge in [0.25, 0.3) is 0 Å². The number of likely N-dealkylation sites (N-methyl/N-ethyl adjacent to an activating group) is 1. The fourth-order valence-corrected chi connectivity index (χ4v) is 2.23. The number of hydrogen-bond donors (Lipinski definition) is 1. The molecule has 0 spiro atoms. The summed E-state index contributed by atoms with van der Waals surface area (Å²) in [6.45, 7) is 1.27. The molecule has 0 aliphatic heterocycles. The maximum atomic E-state index is 11.0. The van der Waals surface area contributed by atoms with Crippen LogP contribution in [0, 0.1) is 0 Å². The molecular formula is C14H20BrNO3. The van der Waals surface area contributed by atoms with Crippen LogP contribution in [-0.2, 0) is 16.1 Å². The van der Waals surface area contributed by atoms with E-state index in [1.807, 2.05) is 36.2 Å². The van der Waals surface area contributed by atoms with Gasteiger partial charge in [-0.25, -0.2) is 0 Å². The lowest BCUT2D eigenvalue weighted by molar-refractivity contribution is -0.141. The third kappa shape index (κ3) is 6.18. The number of rotatable bonds is 7. The average molecular weight is 330 g/mol. The summed E-state index contributed by atoms with van der Waals surface area (Å²) in [4.78, 5) is 13.0. The Morgan fingerprint density at radius 1 is 1.47 bits per heavy atom. The molecule has 5 heteroatoms. The standard InChI is InChI=1S/C14H20BrNO3/c1-16(9-11-5-3-4-6-13(11)15)10-12(17)7-8-14(18)19-2/h3-6,12,17H,7-10H2,1-2H3. The molecule has 1 N–H and O–H groups in total. The van der Waals surface area contributed by atoms with Gasteiger partial charge in [-0.05, 0) is 25.1 Å². The molecule has 1 atom stereocenters. The highest BCUT2D eigenvalue weighted by Gasteiger charge is 2.12. The summed E-state index contributed by atoms with van der Waals surface area (Å²) in [5.41, 5.74) is 1.17. The Kier molecular flexibility index (Phi) is 7.05. The predicted molar refractivity (Wildman–Crippen MR) is 77.7 cm³/mol. The molecule has 0 bridgehead atoms. The number of ether oxygens (including phenoxy) is 1. The van der Waals surface area contributed by atoms with Crippen LogP contribution in [0.1, 0.15) is 18.4 Å². The minimum Gasteiger partial charge on any atom is -0.469 e. The third-order valence-electron chi connectivity index (χ3n) is 2.83. The Hall–Kier alpha value is -0.910. The van der Waals surface area contributed by atoms with E-state index in [1.165, 1.54) is 12.7 Å². The second-order valence-electron chi connectivity index (χ2n) is 4.56. The molecule has 19 heavy (non-hydrogen) atoms.